The molecule has 1 N–H and O–H groups in total. The number of nitrogens with zero attached hydrogens (tertiary/aromatic N) is 4. The molecule has 318 valence electrons. The van der Waals surface area contributed by atoms with Crippen LogP contribution in [0.2, 0.25) is 5.02 Å². The van der Waals surface area contributed by atoms with Crippen LogP contribution in [0, 0.1) is 23.7 Å². The summed E-state index contributed by atoms with van der Waals surface area (Å²) in [5, 5.41) is 0.0357. The van der Waals surface area contributed by atoms with Crippen LogP contribution in [0.15, 0.2) is 36.4 Å². The van der Waals surface area contributed by atoms with E-state index in [4.69, 9.17) is 21.1 Å². The van der Waals surface area contributed by atoms with Gasteiger partial charge in [0.1, 0.15) is 11.4 Å². The first kappa shape index (κ1) is 41.7. The quantitative estimate of drug-likeness (QED) is 0.343. The fourth-order valence-corrected chi connectivity index (χ4v) is 12.5. The number of fused-ring (bicyclic) bond motifs is 5. The Morgan fingerprint density at radius 3 is 2.57 bits per heavy atom. The summed E-state index contributed by atoms with van der Waals surface area (Å²) in [6.07, 6.45) is 7.87. The number of benzene rings is 2. The molecule has 8 rings (SSSR count). The first-order valence-corrected chi connectivity index (χ1v) is 23.8. The number of aryl methyl sites for hydroxylation is 1. The number of ether oxygens (including phenoxy) is 2. The molecule has 2 saturated heterocycles. The number of anilines is 1. The molecule has 6 aliphatic rings. The Morgan fingerprint density at radius 1 is 0.983 bits per heavy atom. The van der Waals surface area contributed by atoms with Crippen molar-refractivity contribution in [1.82, 2.24) is 19.4 Å². The van der Waals surface area contributed by atoms with Crippen LogP contribution in [-0.2, 0) is 26.6 Å². The second-order valence-electron chi connectivity index (χ2n) is 19.5. The van der Waals surface area contributed by atoms with Gasteiger partial charge in [0.25, 0.3) is 5.91 Å². The molecule has 58 heavy (non-hydrogen) atoms. The number of amides is 2. The number of piperazine rings is 2. The molecule has 4 heterocycles. The average molecular weight is 839 g/mol. The minimum absolute atomic E-state index is 0.110. The zero-order chi connectivity index (χ0) is 41.0. The average Bonchev–Trinajstić information content (AvgIpc) is 3.31. The number of nitrogens with one attached hydrogen (secondary N) is 1. The summed E-state index contributed by atoms with van der Waals surface area (Å²) in [6.45, 7) is 17.8. The van der Waals surface area contributed by atoms with Crippen LogP contribution in [0.3, 0.4) is 0 Å². The number of rotatable bonds is 2. The first-order chi connectivity index (χ1) is 27.6. The molecule has 2 aromatic carbocycles. The van der Waals surface area contributed by atoms with E-state index in [0.717, 1.165) is 107 Å². The van der Waals surface area contributed by atoms with Gasteiger partial charge in [0.2, 0.25) is 10.0 Å². The van der Waals surface area contributed by atoms with E-state index in [9.17, 15) is 18.0 Å². The number of hydrogen-bond acceptors (Lipinski definition) is 9. The van der Waals surface area contributed by atoms with E-state index in [1.807, 2.05) is 50.8 Å². The molecule has 2 aliphatic carbocycles. The van der Waals surface area contributed by atoms with E-state index >= 15 is 0 Å². The maximum atomic E-state index is 13.7. The predicted octanol–water partition coefficient (Wildman–Crippen LogP) is 6.96. The summed E-state index contributed by atoms with van der Waals surface area (Å²) in [5.41, 5.74) is 2.99. The van der Waals surface area contributed by atoms with Crippen LogP contribution in [0.4, 0.5) is 10.5 Å². The Kier molecular flexibility index (Phi) is 11.8. The summed E-state index contributed by atoms with van der Waals surface area (Å²) < 4.78 is 42.3. The van der Waals surface area contributed by atoms with Gasteiger partial charge in [0.15, 0.2) is 0 Å². The van der Waals surface area contributed by atoms with Crippen molar-refractivity contribution in [3.8, 4) is 5.75 Å². The molecule has 2 amide bonds. The number of sulfonamides is 1. The van der Waals surface area contributed by atoms with Crippen molar-refractivity contribution in [2.45, 2.75) is 108 Å². The van der Waals surface area contributed by atoms with Gasteiger partial charge < -0.3 is 24.2 Å². The van der Waals surface area contributed by atoms with Crippen molar-refractivity contribution in [1.29, 1.82) is 0 Å². The van der Waals surface area contributed by atoms with Crippen LogP contribution >= 0.6 is 11.6 Å². The molecule has 3 fully saturated rings. The number of halogens is 1. The van der Waals surface area contributed by atoms with Crippen molar-refractivity contribution in [2.75, 3.05) is 70.4 Å². The van der Waals surface area contributed by atoms with Crippen molar-refractivity contribution >= 4 is 39.3 Å². The van der Waals surface area contributed by atoms with Gasteiger partial charge in [0, 0.05) is 80.9 Å². The van der Waals surface area contributed by atoms with Gasteiger partial charge in [-0.2, -0.15) is 0 Å². The molecular formula is C45H64ClN5O6S. The van der Waals surface area contributed by atoms with E-state index in [1.54, 1.807) is 13.0 Å². The third-order valence-corrected chi connectivity index (χ3v) is 16.7. The van der Waals surface area contributed by atoms with Crippen LogP contribution in [0.25, 0.3) is 0 Å². The minimum Gasteiger partial charge on any atom is -0.490 e. The normalized spacial score (nSPS) is 32.1. The molecule has 11 nitrogen and oxygen atoms in total. The lowest BCUT2D eigenvalue weighted by atomic mass is 9.65. The molecule has 7 atom stereocenters. The molecule has 0 unspecified atom stereocenters. The Bertz CT molecular complexity index is 1970. The molecule has 0 radical (unpaired) electrons. The van der Waals surface area contributed by atoms with Crippen LogP contribution in [0.1, 0.15) is 101 Å². The second kappa shape index (κ2) is 16.4. The number of hydrogen-bond donors (Lipinski definition) is 1. The van der Waals surface area contributed by atoms with Gasteiger partial charge in [-0.25, -0.2) is 17.9 Å². The zero-order valence-electron chi connectivity index (χ0n) is 35.2. The largest absolute Gasteiger partial charge is 0.490 e. The van der Waals surface area contributed by atoms with E-state index < -0.39 is 26.8 Å². The third kappa shape index (κ3) is 8.73. The lowest BCUT2D eigenvalue weighted by molar-refractivity contribution is -0.0225. The van der Waals surface area contributed by atoms with Crippen LogP contribution in [0.5, 0.6) is 5.75 Å². The maximum Gasteiger partial charge on any atom is 0.410 e. The highest BCUT2D eigenvalue weighted by Gasteiger charge is 2.45. The number of carbonyl (C=O) groups is 2. The van der Waals surface area contributed by atoms with E-state index in [1.165, 1.54) is 17.5 Å². The topological polar surface area (TPSA) is 112 Å². The molecule has 2 bridgehead atoms. The Labute approximate surface area is 351 Å². The SMILES string of the molecule is C[C@@H]1[C@@H](C)CCC[C@@H](CN2CCN3CCN(C(=O)OC(C)(C)C)C[C@H]3C2)[C@@H]2CC[C@H]2CN2C[C@@]3(CCCc4cc(Cl)ccc43)COc3ccc(cc32)C(=O)NS1(=O)=O. The molecular weight excluding hydrogens is 774 g/mol. The van der Waals surface area contributed by atoms with E-state index in [2.05, 4.69) is 31.6 Å². The standard InChI is InChI=1S/C45H64ClN5O6S/c1-30-8-6-9-34(24-48-18-19-49-20-21-50(27-37(49)26-48)43(53)57-44(3,4)5)38-14-11-35(38)25-51-28-45(17-7-10-32-22-36(46)13-15-39(32)45)29-56-41-16-12-33(23-40(41)51)42(52)47-58(54,55)31(30)2/h12-13,15-16,22-23,30-31,34-35,37-38H,6-11,14,17-21,24-29H2,1-5H3,(H,47,52)/t30-,31+,34-,35-,37+,38-,45-/m0/s1. The highest BCUT2D eigenvalue weighted by atomic mass is 35.5. The van der Waals surface area contributed by atoms with Gasteiger partial charge in [-0.3, -0.25) is 9.69 Å². The van der Waals surface area contributed by atoms with Crippen molar-refractivity contribution in [3.05, 3.63) is 58.1 Å². The van der Waals surface area contributed by atoms with Gasteiger partial charge in [-0.05, 0) is 138 Å². The van der Waals surface area contributed by atoms with Crippen LogP contribution in [-0.4, -0.2) is 118 Å². The summed E-state index contributed by atoms with van der Waals surface area (Å²) in [4.78, 5) is 36.3. The monoisotopic (exact) mass is 837 g/mol. The summed E-state index contributed by atoms with van der Waals surface area (Å²) in [5.74, 6) is 1.49. The number of carbonyl (C=O) groups excluding carboxylic acids is 2. The summed E-state index contributed by atoms with van der Waals surface area (Å²) in [7, 11) is -3.92. The van der Waals surface area contributed by atoms with E-state index in [0.29, 0.717) is 43.0 Å². The minimum atomic E-state index is -3.92. The highest BCUT2D eigenvalue weighted by molar-refractivity contribution is 7.90. The maximum absolute atomic E-state index is 13.7. The Morgan fingerprint density at radius 2 is 1.79 bits per heavy atom. The molecule has 1 saturated carbocycles. The molecule has 0 aromatic heterocycles. The zero-order valence-corrected chi connectivity index (χ0v) is 36.8. The molecule has 4 aliphatic heterocycles. The van der Waals surface area contributed by atoms with Crippen molar-refractivity contribution in [2.24, 2.45) is 23.7 Å². The Hall–Kier alpha value is -3.06. The lowest BCUT2D eigenvalue weighted by Crippen LogP contribution is -2.63. The highest BCUT2D eigenvalue weighted by Crippen LogP contribution is 2.48. The molecule has 13 heteroatoms. The lowest BCUT2D eigenvalue weighted by Gasteiger charge is -2.50. The molecule has 1 spiro atoms. The Balaban J connectivity index is 1.08. The fraction of sp³-hybridized carbons (Fsp3) is 0.689. The van der Waals surface area contributed by atoms with Gasteiger partial charge in [0.05, 0.1) is 17.5 Å². The third-order valence-electron chi connectivity index (χ3n) is 14.5. The summed E-state index contributed by atoms with van der Waals surface area (Å²) in [6, 6.07) is 12.0. The summed E-state index contributed by atoms with van der Waals surface area (Å²) >= 11 is 6.52. The van der Waals surface area contributed by atoms with E-state index in [-0.39, 0.29) is 23.5 Å². The van der Waals surface area contributed by atoms with Gasteiger partial charge >= 0.3 is 6.09 Å². The molecule has 2 aromatic rings. The first-order valence-electron chi connectivity index (χ1n) is 21.9. The predicted molar refractivity (Wildman–Crippen MR) is 228 cm³/mol. The van der Waals surface area contributed by atoms with Crippen LogP contribution < -0.4 is 14.4 Å². The van der Waals surface area contributed by atoms with Crippen molar-refractivity contribution in [3.63, 3.8) is 0 Å². The van der Waals surface area contributed by atoms with Crippen molar-refractivity contribution < 1.29 is 27.5 Å². The smallest absolute Gasteiger partial charge is 0.410 e. The second-order valence-corrected chi connectivity index (χ2v) is 22.0. The fourth-order valence-electron chi connectivity index (χ4n) is 11.0. The van der Waals surface area contributed by atoms with Gasteiger partial charge in [-0.15, -0.1) is 0 Å². The van der Waals surface area contributed by atoms with Gasteiger partial charge in [-0.1, -0.05) is 31.0 Å².